The molecule has 0 saturated carbocycles. The number of halogens is 3. The Labute approximate surface area is 172 Å². The van der Waals surface area contributed by atoms with Gasteiger partial charge in [-0.05, 0) is 42.7 Å². The van der Waals surface area contributed by atoms with Gasteiger partial charge in [0.25, 0.3) is 0 Å². The summed E-state index contributed by atoms with van der Waals surface area (Å²) in [6, 6.07) is 12.4. The molecule has 138 valence electrons. The Morgan fingerprint density at radius 1 is 0.926 bits per heavy atom. The number of hydrogen-bond donors (Lipinski definition) is 0. The number of carbonyl (C=O) groups is 2. The first-order chi connectivity index (χ1) is 13.0. The van der Waals surface area contributed by atoms with Crippen LogP contribution in [0.15, 0.2) is 53.7 Å². The van der Waals surface area contributed by atoms with Crippen LogP contribution in [-0.4, -0.2) is 11.7 Å². The van der Waals surface area contributed by atoms with E-state index in [1.165, 1.54) is 0 Å². The third-order valence-electron chi connectivity index (χ3n) is 5.11. The highest BCUT2D eigenvalue weighted by Gasteiger charge is 2.40. The SMILES string of the molecule is O=C1CCCC2=C1C(c1ccc(Cl)cc1Cl)CC(=O)N2c1ccccc1Cl. The molecule has 1 unspecified atom stereocenters. The highest BCUT2D eigenvalue weighted by Crippen LogP contribution is 2.46. The number of para-hydroxylation sites is 1. The van der Waals surface area contributed by atoms with Crippen molar-refractivity contribution in [3.63, 3.8) is 0 Å². The summed E-state index contributed by atoms with van der Waals surface area (Å²) in [5.41, 5.74) is 2.79. The quantitative estimate of drug-likeness (QED) is 0.582. The van der Waals surface area contributed by atoms with E-state index in [0.29, 0.717) is 45.6 Å². The average Bonchev–Trinajstić information content (AvgIpc) is 2.62. The number of benzene rings is 2. The van der Waals surface area contributed by atoms with Gasteiger partial charge in [0.2, 0.25) is 5.91 Å². The van der Waals surface area contributed by atoms with Crippen molar-refractivity contribution in [3.05, 3.63) is 74.4 Å². The van der Waals surface area contributed by atoms with Crippen LogP contribution in [0.1, 0.15) is 37.2 Å². The lowest BCUT2D eigenvalue weighted by atomic mass is 9.77. The van der Waals surface area contributed by atoms with Gasteiger partial charge in [-0.3, -0.25) is 14.5 Å². The third kappa shape index (κ3) is 3.29. The highest BCUT2D eigenvalue weighted by molar-refractivity contribution is 6.35. The van der Waals surface area contributed by atoms with E-state index in [2.05, 4.69) is 0 Å². The van der Waals surface area contributed by atoms with E-state index in [0.717, 1.165) is 11.3 Å². The standard InChI is InChI=1S/C21H16Cl3NO2/c22-12-8-9-13(16(24)10-12)14-11-20(27)25(17-5-2-1-4-15(17)23)18-6-3-7-19(26)21(14)18/h1-2,4-5,8-10,14H,3,6-7,11H2. The Hall–Kier alpha value is -1.81. The van der Waals surface area contributed by atoms with Gasteiger partial charge < -0.3 is 0 Å². The van der Waals surface area contributed by atoms with Crippen molar-refractivity contribution in [1.29, 1.82) is 0 Å². The summed E-state index contributed by atoms with van der Waals surface area (Å²) in [4.78, 5) is 27.6. The van der Waals surface area contributed by atoms with Crippen LogP contribution < -0.4 is 4.90 Å². The maximum Gasteiger partial charge on any atom is 0.232 e. The Kier molecular flexibility index (Phi) is 5.02. The fraction of sp³-hybridized carbons (Fsp3) is 0.238. The number of rotatable bonds is 2. The molecule has 0 saturated heterocycles. The molecule has 1 aliphatic carbocycles. The summed E-state index contributed by atoms with van der Waals surface area (Å²) in [6.07, 6.45) is 2.01. The first kappa shape index (κ1) is 18.5. The number of nitrogens with zero attached hydrogens (tertiary/aromatic N) is 1. The molecule has 2 aromatic rings. The highest BCUT2D eigenvalue weighted by atomic mass is 35.5. The van der Waals surface area contributed by atoms with Crippen LogP contribution in [-0.2, 0) is 9.59 Å². The van der Waals surface area contributed by atoms with Gasteiger partial charge in [-0.1, -0.05) is 53.0 Å². The van der Waals surface area contributed by atoms with Crippen LogP contribution in [0, 0.1) is 0 Å². The van der Waals surface area contributed by atoms with Crippen molar-refractivity contribution in [1.82, 2.24) is 0 Å². The molecule has 27 heavy (non-hydrogen) atoms. The van der Waals surface area contributed by atoms with E-state index in [4.69, 9.17) is 34.8 Å². The molecule has 4 rings (SSSR count). The minimum absolute atomic E-state index is 0.0665. The lowest BCUT2D eigenvalue weighted by Crippen LogP contribution is -2.40. The maximum atomic E-state index is 13.1. The molecule has 2 aromatic carbocycles. The van der Waals surface area contributed by atoms with Gasteiger partial charge in [0.15, 0.2) is 5.78 Å². The summed E-state index contributed by atoms with van der Waals surface area (Å²) in [6.45, 7) is 0. The van der Waals surface area contributed by atoms with Gasteiger partial charge >= 0.3 is 0 Å². The van der Waals surface area contributed by atoms with Crippen molar-refractivity contribution in [2.75, 3.05) is 4.90 Å². The predicted molar refractivity (Wildman–Crippen MR) is 109 cm³/mol. The van der Waals surface area contributed by atoms with E-state index in [9.17, 15) is 9.59 Å². The molecule has 0 radical (unpaired) electrons. The zero-order chi connectivity index (χ0) is 19.1. The Morgan fingerprint density at radius 3 is 2.44 bits per heavy atom. The Bertz CT molecular complexity index is 983. The number of allylic oxidation sites excluding steroid dienone is 2. The monoisotopic (exact) mass is 419 g/mol. The van der Waals surface area contributed by atoms with Crippen molar-refractivity contribution in [2.45, 2.75) is 31.6 Å². The van der Waals surface area contributed by atoms with E-state index in [1.807, 2.05) is 12.1 Å². The number of Topliss-reactive ketones (excluding diaryl/α,β-unsaturated/α-hetero) is 1. The smallest absolute Gasteiger partial charge is 0.232 e. The van der Waals surface area contributed by atoms with E-state index >= 15 is 0 Å². The summed E-state index contributed by atoms with van der Waals surface area (Å²) in [5, 5.41) is 1.48. The maximum absolute atomic E-state index is 13.1. The van der Waals surface area contributed by atoms with Gasteiger partial charge in [-0.15, -0.1) is 0 Å². The molecular formula is C21H16Cl3NO2. The molecule has 6 heteroatoms. The molecule has 1 heterocycles. The van der Waals surface area contributed by atoms with Gasteiger partial charge in [0, 0.05) is 40.1 Å². The molecule has 0 spiro atoms. The summed E-state index contributed by atoms with van der Waals surface area (Å²) in [5.74, 6) is -0.381. The zero-order valence-electron chi connectivity index (χ0n) is 14.3. The molecular weight excluding hydrogens is 405 g/mol. The zero-order valence-corrected chi connectivity index (χ0v) is 16.6. The molecule has 0 fully saturated rings. The lowest BCUT2D eigenvalue weighted by Gasteiger charge is -2.38. The Morgan fingerprint density at radius 2 is 1.70 bits per heavy atom. The minimum atomic E-state index is -0.358. The molecule has 0 N–H and O–H groups in total. The minimum Gasteiger partial charge on any atom is -0.294 e. The molecule has 0 bridgehead atoms. The van der Waals surface area contributed by atoms with E-state index in [-0.39, 0.29) is 24.0 Å². The number of anilines is 1. The molecule has 0 aromatic heterocycles. The second-order valence-electron chi connectivity index (χ2n) is 6.74. The van der Waals surface area contributed by atoms with Crippen LogP contribution in [0.5, 0.6) is 0 Å². The van der Waals surface area contributed by atoms with Crippen LogP contribution >= 0.6 is 34.8 Å². The molecule has 2 aliphatic rings. The Balaban J connectivity index is 1.90. The van der Waals surface area contributed by atoms with Crippen molar-refractivity contribution in [2.24, 2.45) is 0 Å². The van der Waals surface area contributed by atoms with E-state index in [1.54, 1.807) is 35.2 Å². The summed E-state index contributed by atoms with van der Waals surface area (Å²) >= 11 is 18.8. The summed E-state index contributed by atoms with van der Waals surface area (Å²) in [7, 11) is 0. The molecule has 3 nitrogen and oxygen atoms in total. The van der Waals surface area contributed by atoms with Crippen LogP contribution in [0.3, 0.4) is 0 Å². The largest absolute Gasteiger partial charge is 0.294 e. The fourth-order valence-corrected chi connectivity index (χ4v) is 4.72. The lowest BCUT2D eigenvalue weighted by molar-refractivity contribution is -0.119. The number of hydrogen-bond acceptors (Lipinski definition) is 2. The fourth-order valence-electron chi connectivity index (χ4n) is 3.96. The van der Waals surface area contributed by atoms with Gasteiger partial charge in [0.1, 0.15) is 0 Å². The van der Waals surface area contributed by atoms with E-state index < -0.39 is 0 Å². The van der Waals surface area contributed by atoms with Crippen LogP contribution in [0.4, 0.5) is 5.69 Å². The van der Waals surface area contributed by atoms with Crippen LogP contribution in [0.2, 0.25) is 15.1 Å². The first-order valence-electron chi connectivity index (χ1n) is 8.76. The van der Waals surface area contributed by atoms with Crippen molar-refractivity contribution < 1.29 is 9.59 Å². The second kappa shape index (κ2) is 7.31. The molecule has 1 aliphatic heterocycles. The molecule has 1 amide bonds. The van der Waals surface area contributed by atoms with Gasteiger partial charge in [-0.25, -0.2) is 0 Å². The second-order valence-corrected chi connectivity index (χ2v) is 7.99. The van der Waals surface area contributed by atoms with Crippen molar-refractivity contribution >= 4 is 52.2 Å². The number of ketones is 1. The topological polar surface area (TPSA) is 37.4 Å². The first-order valence-corrected chi connectivity index (χ1v) is 9.89. The van der Waals surface area contributed by atoms with Crippen LogP contribution in [0.25, 0.3) is 0 Å². The number of amides is 1. The number of carbonyl (C=O) groups excluding carboxylic acids is 2. The van der Waals surface area contributed by atoms with Gasteiger partial charge in [-0.2, -0.15) is 0 Å². The molecule has 1 atom stereocenters. The summed E-state index contributed by atoms with van der Waals surface area (Å²) < 4.78 is 0. The van der Waals surface area contributed by atoms with Gasteiger partial charge in [0.05, 0.1) is 10.7 Å². The average molecular weight is 421 g/mol. The van der Waals surface area contributed by atoms with Crippen molar-refractivity contribution in [3.8, 4) is 0 Å². The normalized spacial score (nSPS) is 20.1. The predicted octanol–water partition coefficient (Wildman–Crippen LogP) is 6.17. The third-order valence-corrected chi connectivity index (χ3v) is 5.99.